The van der Waals surface area contributed by atoms with Gasteiger partial charge in [0.1, 0.15) is 5.69 Å². The fraction of sp³-hybridized carbons (Fsp3) is 0. The van der Waals surface area contributed by atoms with Gasteiger partial charge in [-0.2, -0.15) is 0 Å². The lowest BCUT2D eigenvalue weighted by Gasteiger charge is -2.03. The number of halogens is 2. The highest BCUT2D eigenvalue weighted by Crippen LogP contribution is 2.23. The van der Waals surface area contributed by atoms with Gasteiger partial charge in [0.25, 0.3) is 5.69 Å². The summed E-state index contributed by atoms with van der Waals surface area (Å²) in [6.07, 6.45) is 2.62. The highest BCUT2D eigenvalue weighted by atomic mass is 35.5. The third-order valence-electron chi connectivity index (χ3n) is 4.42. The number of nitrogens with two attached hydrogens (primary N) is 1. The Morgan fingerprint density at radius 1 is 0.765 bits per heavy atom. The van der Waals surface area contributed by atoms with Crippen LogP contribution in [0.4, 0.5) is 11.4 Å². The highest BCUT2D eigenvalue weighted by Gasteiger charge is 2.23. The lowest BCUT2D eigenvalue weighted by Crippen LogP contribution is -2.07. The maximum atomic E-state index is 12.1. The van der Waals surface area contributed by atoms with E-state index in [1.54, 1.807) is 54.6 Å². The van der Waals surface area contributed by atoms with Gasteiger partial charge in [-0.25, -0.2) is 9.97 Å². The number of anilines is 1. The molecule has 0 radical (unpaired) electrons. The number of nitrogens with zero attached hydrogens (tertiary/aromatic N) is 3. The SMILES string of the molecule is Nc1cc(Cl)cnc1C(=O)c1ccccc1.O=C(c1ccccc1)c1ncc(Cl)cc1[N+](=O)[O-]. The number of nitro groups is 1. The molecule has 2 heterocycles. The first kappa shape index (κ1) is 24.5. The molecule has 170 valence electrons. The number of carbonyl (C=O) groups excluding carboxylic acids is 2. The van der Waals surface area contributed by atoms with Gasteiger partial charge in [-0.15, -0.1) is 0 Å². The minimum absolute atomic E-state index is 0.117. The maximum Gasteiger partial charge on any atom is 0.300 e. The molecule has 0 atom stereocenters. The molecule has 4 rings (SSSR count). The highest BCUT2D eigenvalue weighted by molar-refractivity contribution is 6.31. The molecule has 2 N–H and O–H groups in total. The zero-order valence-corrected chi connectivity index (χ0v) is 18.9. The van der Waals surface area contributed by atoms with E-state index in [0.717, 1.165) is 6.07 Å². The number of ketones is 2. The second-order valence-corrected chi connectivity index (χ2v) is 7.63. The molecule has 2 aromatic carbocycles. The molecular formula is C24H16Cl2N4O4. The molecule has 34 heavy (non-hydrogen) atoms. The van der Waals surface area contributed by atoms with Crippen LogP contribution in [0.1, 0.15) is 32.1 Å². The number of hydrogen-bond acceptors (Lipinski definition) is 7. The van der Waals surface area contributed by atoms with Crippen molar-refractivity contribution in [1.29, 1.82) is 0 Å². The zero-order valence-electron chi connectivity index (χ0n) is 17.4. The molecule has 8 nitrogen and oxygen atoms in total. The topological polar surface area (TPSA) is 129 Å². The number of aromatic nitrogens is 2. The van der Waals surface area contributed by atoms with Gasteiger partial charge < -0.3 is 5.73 Å². The van der Waals surface area contributed by atoms with Crippen LogP contribution in [0.5, 0.6) is 0 Å². The summed E-state index contributed by atoms with van der Waals surface area (Å²) in [6, 6.07) is 19.7. The Morgan fingerprint density at radius 3 is 1.68 bits per heavy atom. The Balaban J connectivity index is 0.000000192. The van der Waals surface area contributed by atoms with Crippen molar-refractivity contribution in [3.05, 3.63) is 128 Å². The monoisotopic (exact) mass is 494 g/mol. The molecule has 0 amide bonds. The van der Waals surface area contributed by atoms with Crippen LogP contribution >= 0.6 is 23.2 Å². The van der Waals surface area contributed by atoms with E-state index in [0.29, 0.717) is 21.8 Å². The Bertz CT molecular complexity index is 1350. The van der Waals surface area contributed by atoms with Gasteiger partial charge in [-0.3, -0.25) is 19.7 Å². The number of nitrogen functional groups attached to an aromatic ring is 1. The molecule has 0 saturated carbocycles. The molecule has 0 spiro atoms. The Labute approximate surface area is 204 Å². The summed E-state index contributed by atoms with van der Waals surface area (Å²) in [5.41, 5.74) is 6.51. The maximum absolute atomic E-state index is 12.1. The third-order valence-corrected chi connectivity index (χ3v) is 4.83. The van der Waals surface area contributed by atoms with Gasteiger partial charge >= 0.3 is 0 Å². The summed E-state index contributed by atoms with van der Waals surface area (Å²) in [5, 5.41) is 11.4. The fourth-order valence-corrected chi connectivity index (χ4v) is 3.16. The Hall–Kier alpha value is -4.14. The molecule has 0 saturated heterocycles. The van der Waals surface area contributed by atoms with Crippen LogP contribution in [0.2, 0.25) is 10.0 Å². The van der Waals surface area contributed by atoms with E-state index in [2.05, 4.69) is 9.97 Å². The molecule has 0 bridgehead atoms. The minimum atomic E-state index is -0.672. The van der Waals surface area contributed by atoms with Gasteiger partial charge in [0.2, 0.25) is 11.6 Å². The van der Waals surface area contributed by atoms with Crippen LogP contribution in [0, 0.1) is 10.1 Å². The fourth-order valence-electron chi connectivity index (χ4n) is 2.84. The summed E-state index contributed by atoms with van der Waals surface area (Å²) < 4.78 is 0. The van der Waals surface area contributed by atoms with Crippen molar-refractivity contribution in [3.63, 3.8) is 0 Å². The Kier molecular flexibility index (Phi) is 8.02. The summed E-state index contributed by atoms with van der Waals surface area (Å²) in [6.45, 7) is 0. The van der Waals surface area contributed by atoms with Crippen LogP contribution in [-0.4, -0.2) is 26.5 Å². The first-order valence-electron chi connectivity index (χ1n) is 9.68. The summed E-state index contributed by atoms with van der Waals surface area (Å²) >= 11 is 11.3. The number of carbonyl (C=O) groups is 2. The van der Waals surface area contributed by atoms with Crippen LogP contribution < -0.4 is 5.73 Å². The molecule has 0 unspecified atom stereocenters. The van der Waals surface area contributed by atoms with Crippen LogP contribution in [0.15, 0.2) is 85.2 Å². The molecule has 0 fully saturated rings. The van der Waals surface area contributed by atoms with Crippen molar-refractivity contribution in [2.75, 3.05) is 5.73 Å². The average molecular weight is 495 g/mol. The van der Waals surface area contributed by atoms with Crippen molar-refractivity contribution in [3.8, 4) is 0 Å². The minimum Gasteiger partial charge on any atom is -0.397 e. The summed E-state index contributed by atoms with van der Waals surface area (Å²) in [7, 11) is 0. The van der Waals surface area contributed by atoms with Crippen molar-refractivity contribution in [1.82, 2.24) is 9.97 Å². The quantitative estimate of drug-likeness (QED) is 0.222. The number of hydrogen-bond donors (Lipinski definition) is 1. The van der Waals surface area contributed by atoms with Crippen molar-refractivity contribution >= 4 is 46.1 Å². The molecular weight excluding hydrogens is 479 g/mol. The van der Waals surface area contributed by atoms with Crippen molar-refractivity contribution in [2.45, 2.75) is 0 Å². The molecule has 0 aliphatic heterocycles. The summed E-state index contributed by atoms with van der Waals surface area (Å²) in [4.78, 5) is 42.0. The lowest BCUT2D eigenvalue weighted by atomic mass is 10.1. The standard InChI is InChI=1S/C12H7ClN2O3.C12H9ClN2O/c13-9-6-10(15(17)18)11(14-7-9)12(16)8-4-2-1-3-5-8;13-9-6-10(14)11(15-7-9)12(16)8-4-2-1-3-5-8/h1-7H;1-7H,14H2. The first-order chi connectivity index (χ1) is 16.3. The summed E-state index contributed by atoms with van der Waals surface area (Å²) in [5.74, 6) is -0.700. The molecule has 0 aliphatic carbocycles. The second-order valence-electron chi connectivity index (χ2n) is 6.76. The number of benzene rings is 2. The van der Waals surface area contributed by atoms with Gasteiger partial charge in [-0.05, 0) is 6.07 Å². The van der Waals surface area contributed by atoms with Gasteiger partial charge in [0.05, 0.1) is 20.7 Å². The van der Waals surface area contributed by atoms with E-state index >= 15 is 0 Å². The van der Waals surface area contributed by atoms with E-state index in [4.69, 9.17) is 28.9 Å². The van der Waals surface area contributed by atoms with Gasteiger partial charge in [-0.1, -0.05) is 83.9 Å². The van der Waals surface area contributed by atoms with Gasteiger partial charge in [0.15, 0.2) is 5.69 Å². The van der Waals surface area contributed by atoms with Crippen molar-refractivity contribution in [2.24, 2.45) is 0 Å². The smallest absolute Gasteiger partial charge is 0.300 e. The van der Waals surface area contributed by atoms with Gasteiger partial charge in [0, 0.05) is 29.6 Å². The van der Waals surface area contributed by atoms with E-state index in [9.17, 15) is 19.7 Å². The van der Waals surface area contributed by atoms with E-state index in [-0.39, 0.29) is 22.2 Å². The normalized spacial score (nSPS) is 10.1. The number of rotatable bonds is 5. The molecule has 2 aromatic heterocycles. The number of pyridine rings is 2. The van der Waals surface area contributed by atoms with Crippen LogP contribution in [-0.2, 0) is 0 Å². The van der Waals surface area contributed by atoms with E-state index in [1.807, 2.05) is 6.07 Å². The third kappa shape index (κ3) is 6.00. The predicted molar refractivity (Wildman–Crippen MR) is 129 cm³/mol. The lowest BCUT2D eigenvalue weighted by molar-refractivity contribution is -0.385. The van der Waals surface area contributed by atoms with E-state index < -0.39 is 16.4 Å². The Morgan fingerprint density at radius 2 is 1.21 bits per heavy atom. The largest absolute Gasteiger partial charge is 0.397 e. The predicted octanol–water partition coefficient (Wildman–Crippen LogP) is 5.42. The molecule has 0 aliphatic rings. The zero-order chi connectivity index (χ0) is 24.7. The van der Waals surface area contributed by atoms with Crippen LogP contribution in [0.25, 0.3) is 0 Å². The molecule has 4 aromatic rings. The second kappa shape index (κ2) is 11.1. The van der Waals surface area contributed by atoms with E-state index in [1.165, 1.54) is 18.5 Å². The first-order valence-corrected chi connectivity index (χ1v) is 10.4. The van der Waals surface area contributed by atoms with Crippen molar-refractivity contribution < 1.29 is 14.5 Å². The van der Waals surface area contributed by atoms with Crippen LogP contribution in [0.3, 0.4) is 0 Å². The molecule has 10 heteroatoms. The average Bonchev–Trinajstić information content (AvgIpc) is 2.84.